The Balaban J connectivity index is 1.68. The molecule has 1 heterocycles. The van der Waals surface area contributed by atoms with Crippen molar-refractivity contribution in [1.29, 1.82) is 0 Å². The molecule has 1 aromatic carbocycles. The lowest BCUT2D eigenvalue weighted by molar-refractivity contribution is -0.163. The van der Waals surface area contributed by atoms with Crippen LogP contribution in [0.4, 0.5) is 4.39 Å². The second kappa shape index (κ2) is 5.97. The lowest BCUT2D eigenvalue weighted by Crippen LogP contribution is -2.45. The summed E-state index contributed by atoms with van der Waals surface area (Å²) in [4.78, 5) is 13.7. The predicted octanol–water partition coefficient (Wildman–Crippen LogP) is 2.19. The molecule has 5 heteroatoms. The van der Waals surface area contributed by atoms with Crippen molar-refractivity contribution >= 4 is 5.97 Å². The van der Waals surface area contributed by atoms with Gasteiger partial charge in [0.25, 0.3) is 0 Å². The molecule has 0 bridgehead atoms. The number of esters is 1. The van der Waals surface area contributed by atoms with Gasteiger partial charge in [-0.05, 0) is 50.4 Å². The van der Waals surface area contributed by atoms with Crippen LogP contribution in [0.5, 0.6) is 0 Å². The maximum absolute atomic E-state index is 14.3. The number of benzene rings is 1. The third kappa shape index (κ3) is 2.88. The van der Waals surface area contributed by atoms with Gasteiger partial charge in [0.05, 0.1) is 18.6 Å². The summed E-state index contributed by atoms with van der Waals surface area (Å²) >= 11 is 0. The van der Waals surface area contributed by atoms with E-state index in [0.717, 1.165) is 13.1 Å². The standard InChI is InChI=1S/C17H22FNO3/c1-22-16(20)13-9-17(21,10-13)14-5-4-12(15(18)8-14)11-19-6-2-3-7-19/h4-5,8,13,21H,2-3,6-7,9-11H2,1H3. The zero-order valence-electron chi connectivity index (χ0n) is 12.8. The van der Waals surface area contributed by atoms with Crippen LogP contribution >= 0.6 is 0 Å². The molecule has 1 N–H and O–H groups in total. The average molecular weight is 307 g/mol. The lowest BCUT2D eigenvalue weighted by atomic mass is 9.67. The van der Waals surface area contributed by atoms with Gasteiger partial charge in [0.2, 0.25) is 0 Å². The van der Waals surface area contributed by atoms with Crippen molar-refractivity contribution in [2.24, 2.45) is 5.92 Å². The number of carbonyl (C=O) groups excluding carboxylic acids is 1. The van der Waals surface area contributed by atoms with Gasteiger partial charge in [-0.25, -0.2) is 4.39 Å². The molecule has 0 spiro atoms. The third-order valence-electron chi connectivity index (χ3n) is 4.89. The Bertz CT molecular complexity index is 563. The molecule has 120 valence electrons. The van der Waals surface area contributed by atoms with E-state index in [1.54, 1.807) is 12.1 Å². The minimum atomic E-state index is -1.11. The minimum Gasteiger partial charge on any atom is -0.469 e. The predicted molar refractivity (Wildman–Crippen MR) is 79.5 cm³/mol. The van der Waals surface area contributed by atoms with Crippen molar-refractivity contribution < 1.29 is 19.0 Å². The number of ether oxygens (including phenoxy) is 1. The minimum absolute atomic E-state index is 0.278. The monoisotopic (exact) mass is 307 g/mol. The third-order valence-corrected chi connectivity index (χ3v) is 4.89. The molecule has 1 aliphatic heterocycles. The number of rotatable bonds is 4. The van der Waals surface area contributed by atoms with Crippen molar-refractivity contribution in [2.45, 2.75) is 37.8 Å². The smallest absolute Gasteiger partial charge is 0.308 e. The van der Waals surface area contributed by atoms with E-state index in [2.05, 4.69) is 9.64 Å². The first-order valence-corrected chi connectivity index (χ1v) is 7.83. The maximum Gasteiger partial charge on any atom is 0.308 e. The van der Waals surface area contributed by atoms with Crippen LogP contribution in [-0.4, -0.2) is 36.2 Å². The summed E-state index contributed by atoms with van der Waals surface area (Å²) in [5, 5.41) is 10.5. The summed E-state index contributed by atoms with van der Waals surface area (Å²) in [6.45, 7) is 2.66. The maximum atomic E-state index is 14.3. The number of aliphatic hydroxyl groups is 1. The van der Waals surface area contributed by atoms with Crippen LogP contribution in [-0.2, 0) is 21.7 Å². The van der Waals surface area contributed by atoms with Crippen LogP contribution in [0.2, 0.25) is 0 Å². The van der Waals surface area contributed by atoms with Crippen molar-refractivity contribution in [2.75, 3.05) is 20.2 Å². The Morgan fingerprint density at radius 3 is 2.68 bits per heavy atom. The zero-order chi connectivity index (χ0) is 15.7. The largest absolute Gasteiger partial charge is 0.469 e. The SMILES string of the molecule is COC(=O)C1CC(O)(c2ccc(CN3CCCC3)c(F)c2)C1. The second-order valence-electron chi connectivity index (χ2n) is 6.45. The van der Waals surface area contributed by atoms with Crippen molar-refractivity contribution in [3.05, 3.63) is 35.1 Å². The summed E-state index contributed by atoms with van der Waals surface area (Å²) in [7, 11) is 1.34. The first-order chi connectivity index (χ1) is 10.5. The fraction of sp³-hybridized carbons (Fsp3) is 0.588. The molecule has 0 radical (unpaired) electrons. The molecule has 0 atom stereocenters. The first-order valence-electron chi connectivity index (χ1n) is 7.83. The van der Waals surface area contributed by atoms with Gasteiger partial charge in [0.15, 0.2) is 0 Å². The summed E-state index contributed by atoms with van der Waals surface area (Å²) in [5.74, 6) is -0.877. The Kier molecular flexibility index (Phi) is 4.19. The van der Waals surface area contributed by atoms with Gasteiger partial charge in [0.1, 0.15) is 5.82 Å². The fourth-order valence-electron chi connectivity index (χ4n) is 3.47. The van der Waals surface area contributed by atoms with E-state index in [0.29, 0.717) is 30.5 Å². The summed E-state index contributed by atoms with van der Waals surface area (Å²) in [6.07, 6.45) is 2.94. The molecule has 2 aliphatic rings. The number of nitrogens with zero attached hydrogens (tertiary/aromatic N) is 1. The van der Waals surface area contributed by atoms with E-state index < -0.39 is 5.60 Å². The number of hydrogen-bond acceptors (Lipinski definition) is 4. The van der Waals surface area contributed by atoms with Crippen LogP contribution in [0.3, 0.4) is 0 Å². The van der Waals surface area contributed by atoms with Crippen molar-refractivity contribution in [3.8, 4) is 0 Å². The zero-order valence-corrected chi connectivity index (χ0v) is 12.8. The summed E-state index contributed by atoms with van der Waals surface area (Å²) in [6, 6.07) is 4.95. The Morgan fingerprint density at radius 2 is 2.09 bits per heavy atom. The van der Waals surface area contributed by atoms with Crippen LogP contribution in [0.1, 0.15) is 36.8 Å². The van der Waals surface area contributed by atoms with E-state index >= 15 is 0 Å². The number of hydrogen-bond donors (Lipinski definition) is 1. The first kappa shape index (κ1) is 15.4. The number of carbonyl (C=O) groups is 1. The van der Waals surface area contributed by atoms with E-state index in [1.807, 2.05) is 0 Å². The van der Waals surface area contributed by atoms with Gasteiger partial charge in [-0.3, -0.25) is 9.69 Å². The molecule has 1 saturated carbocycles. The van der Waals surface area contributed by atoms with Gasteiger partial charge < -0.3 is 9.84 Å². The second-order valence-corrected chi connectivity index (χ2v) is 6.45. The quantitative estimate of drug-likeness (QED) is 0.866. The van der Waals surface area contributed by atoms with Gasteiger partial charge in [0, 0.05) is 12.1 Å². The van der Waals surface area contributed by atoms with Crippen molar-refractivity contribution in [1.82, 2.24) is 4.90 Å². The normalized spacial score (nSPS) is 28.4. The Hall–Kier alpha value is -1.46. The average Bonchev–Trinajstić information content (AvgIpc) is 2.98. The van der Waals surface area contributed by atoms with E-state index in [1.165, 1.54) is 26.0 Å². The molecule has 3 rings (SSSR count). The Labute approximate surface area is 129 Å². The van der Waals surface area contributed by atoms with Crippen molar-refractivity contribution in [3.63, 3.8) is 0 Å². The molecule has 1 saturated heterocycles. The molecular weight excluding hydrogens is 285 g/mol. The van der Waals surface area contributed by atoms with Gasteiger partial charge in [-0.1, -0.05) is 12.1 Å². The number of likely N-dealkylation sites (tertiary alicyclic amines) is 1. The van der Waals surface area contributed by atoms with Gasteiger partial charge >= 0.3 is 5.97 Å². The van der Waals surface area contributed by atoms with Crippen LogP contribution < -0.4 is 0 Å². The highest BCUT2D eigenvalue weighted by Gasteiger charge is 2.48. The van der Waals surface area contributed by atoms with E-state index in [-0.39, 0.29) is 17.7 Å². The van der Waals surface area contributed by atoms with E-state index in [9.17, 15) is 14.3 Å². The molecule has 22 heavy (non-hydrogen) atoms. The molecule has 1 aromatic rings. The molecule has 2 fully saturated rings. The summed E-state index contributed by atoms with van der Waals surface area (Å²) < 4.78 is 19.0. The number of halogens is 1. The van der Waals surface area contributed by atoms with Crippen LogP contribution in [0, 0.1) is 11.7 Å². The molecule has 0 aromatic heterocycles. The summed E-state index contributed by atoms with van der Waals surface area (Å²) in [5.41, 5.74) is 0.111. The molecular formula is C17H22FNO3. The Morgan fingerprint density at radius 1 is 1.41 bits per heavy atom. The molecule has 4 nitrogen and oxygen atoms in total. The fourth-order valence-corrected chi connectivity index (χ4v) is 3.47. The van der Waals surface area contributed by atoms with Gasteiger partial charge in [-0.2, -0.15) is 0 Å². The topological polar surface area (TPSA) is 49.8 Å². The highest BCUT2D eigenvalue weighted by atomic mass is 19.1. The highest BCUT2D eigenvalue weighted by Crippen LogP contribution is 2.46. The van der Waals surface area contributed by atoms with Crippen LogP contribution in [0.25, 0.3) is 0 Å². The van der Waals surface area contributed by atoms with Gasteiger partial charge in [-0.15, -0.1) is 0 Å². The van der Waals surface area contributed by atoms with E-state index in [4.69, 9.17) is 0 Å². The molecule has 0 amide bonds. The lowest BCUT2D eigenvalue weighted by Gasteiger charge is -2.42. The van der Waals surface area contributed by atoms with Crippen LogP contribution in [0.15, 0.2) is 18.2 Å². The highest BCUT2D eigenvalue weighted by molar-refractivity contribution is 5.74. The number of methoxy groups -OCH3 is 1. The molecule has 1 aliphatic carbocycles. The molecule has 0 unspecified atom stereocenters.